The third-order valence-corrected chi connectivity index (χ3v) is 3.15. The first kappa shape index (κ1) is 18.2. The lowest BCUT2D eigenvalue weighted by atomic mass is 10.1. The fourth-order valence-corrected chi connectivity index (χ4v) is 1.82. The maximum absolute atomic E-state index is 11.6. The van der Waals surface area contributed by atoms with Gasteiger partial charge in [-0.1, -0.05) is 0 Å². The van der Waals surface area contributed by atoms with Crippen LogP contribution in [0.4, 0.5) is 0 Å². The van der Waals surface area contributed by atoms with Gasteiger partial charge < -0.3 is 11.1 Å². The summed E-state index contributed by atoms with van der Waals surface area (Å²) in [5, 5.41) is 2.89. The Morgan fingerprint density at radius 3 is 2.58 bits per heavy atom. The summed E-state index contributed by atoms with van der Waals surface area (Å²) in [4.78, 5) is 15.5. The van der Waals surface area contributed by atoms with E-state index in [4.69, 9.17) is 5.73 Å². The number of pyridine rings is 1. The predicted molar refractivity (Wildman–Crippen MR) is 80.8 cm³/mol. The van der Waals surface area contributed by atoms with Gasteiger partial charge in [-0.3, -0.25) is 9.78 Å². The van der Waals surface area contributed by atoms with Crippen LogP contribution in [0.1, 0.15) is 24.8 Å². The van der Waals surface area contributed by atoms with E-state index >= 15 is 0 Å². The molecule has 3 N–H and O–H groups in total. The second-order valence-electron chi connectivity index (χ2n) is 4.66. The van der Waals surface area contributed by atoms with Crippen molar-refractivity contribution in [2.45, 2.75) is 31.7 Å². The Labute approximate surface area is 126 Å². The first-order valence-electron chi connectivity index (χ1n) is 6.17. The lowest BCUT2D eigenvalue weighted by Crippen LogP contribution is -2.38. The van der Waals surface area contributed by atoms with E-state index in [1.165, 1.54) is 12.8 Å². The molecule has 4 nitrogen and oxygen atoms in total. The number of nitrogens with two attached hydrogens (primary N) is 1. The van der Waals surface area contributed by atoms with Gasteiger partial charge in [0, 0.05) is 31.4 Å². The summed E-state index contributed by atoms with van der Waals surface area (Å²) in [5.41, 5.74) is 7.05. The number of rotatable bonds is 6. The number of aromatic nitrogens is 1. The van der Waals surface area contributed by atoms with Crippen LogP contribution in [0.2, 0.25) is 0 Å². The number of nitrogens with zero attached hydrogens (tertiary/aromatic N) is 1. The Morgan fingerprint density at radius 2 is 2.00 bits per heavy atom. The molecule has 0 bridgehead atoms. The van der Waals surface area contributed by atoms with Gasteiger partial charge in [0.25, 0.3) is 0 Å². The molecule has 19 heavy (non-hydrogen) atoms. The number of nitrogens with one attached hydrogen (secondary N) is 1. The quantitative estimate of drug-likeness (QED) is 0.841. The summed E-state index contributed by atoms with van der Waals surface area (Å²) < 4.78 is 0. The summed E-state index contributed by atoms with van der Waals surface area (Å²) in [5.74, 6) is 0.716. The molecule has 1 aromatic rings. The van der Waals surface area contributed by atoms with Gasteiger partial charge in [-0.15, -0.1) is 24.8 Å². The van der Waals surface area contributed by atoms with Crippen molar-refractivity contribution in [1.29, 1.82) is 0 Å². The normalized spacial score (nSPS) is 14.8. The monoisotopic (exact) mass is 305 g/mol. The fourth-order valence-electron chi connectivity index (χ4n) is 1.82. The number of hydrogen-bond donors (Lipinski definition) is 2. The van der Waals surface area contributed by atoms with E-state index in [1.54, 1.807) is 12.4 Å². The van der Waals surface area contributed by atoms with Gasteiger partial charge in [0.15, 0.2) is 0 Å². The van der Waals surface area contributed by atoms with Gasteiger partial charge in [0.1, 0.15) is 0 Å². The van der Waals surface area contributed by atoms with Crippen LogP contribution in [0.15, 0.2) is 24.5 Å². The second kappa shape index (κ2) is 9.13. The molecule has 1 saturated carbocycles. The first-order valence-corrected chi connectivity index (χ1v) is 6.17. The summed E-state index contributed by atoms with van der Waals surface area (Å²) in [7, 11) is 0. The lowest BCUT2D eigenvalue weighted by molar-refractivity contribution is -0.121. The average Bonchev–Trinajstić information content (AvgIpc) is 3.19. The summed E-state index contributed by atoms with van der Waals surface area (Å²) >= 11 is 0. The molecular formula is C13H21Cl2N3O. The van der Waals surface area contributed by atoms with Crippen LogP contribution in [-0.4, -0.2) is 23.5 Å². The van der Waals surface area contributed by atoms with E-state index in [0.717, 1.165) is 12.0 Å². The maximum Gasteiger partial charge on any atom is 0.220 e. The molecule has 108 valence electrons. The van der Waals surface area contributed by atoms with E-state index in [2.05, 4.69) is 10.3 Å². The lowest BCUT2D eigenvalue weighted by Gasteiger charge is -2.11. The van der Waals surface area contributed by atoms with Crippen LogP contribution in [0, 0.1) is 5.92 Å². The fraction of sp³-hybridized carbons (Fsp3) is 0.538. The predicted octanol–water partition coefficient (Wildman–Crippen LogP) is 1.71. The topological polar surface area (TPSA) is 68.0 Å². The van der Waals surface area contributed by atoms with Gasteiger partial charge >= 0.3 is 0 Å². The second-order valence-corrected chi connectivity index (χ2v) is 4.66. The zero-order chi connectivity index (χ0) is 12.1. The van der Waals surface area contributed by atoms with Crippen LogP contribution in [0.5, 0.6) is 0 Å². The highest BCUT2D eigenvalue weighted by molar-refractivity contribution is 5.85. The number of halogens is 2. The molecule has 1 amide bonds. The molecule has 1 heterocycles. The van der Waals surface area contributed by atoms with Gasteiger partial charge in [0.05, 0.1) is 0 Å². The Morgan fingerprint density at radius 1 is 1.37 bits per heavy atom. The van der Waals surface area contributed by atoms with Crippen molar-refractivity contribution in [3.05, 3.63) is 30.1 Å². The van der Waals surface area contributed by atoms with Gasteiger partial charge in [-0.05, 0) is 42.9 Å². The van der Waals surface area contributed by atoms with Crippen molar-refractivity contribution >= 4 is 30.7 Å². The average molecular weight is 306 g/mol. The molecule has 6 heteroatoms. The van der Waals surface area contributed by atoms with E-state index in [-0.39, 0.29) is 36.8 Å². The molecule has 1 aliphatic carbocycles. The Hall–Kier alpha value is -0.840. The van der Waals surface area contributed by atoms with Crippen molar-refractivity contribution in [2.75, 3.05) is 6.54 Å². The third-order valence-electron chi connectivity index (χ3n) is 3.15. The Kier molecular flexibility index (Phi) is 8.72. The molecule has 1 aromatic heterocycles. The van der Waals surface area contributed by atoms with Gasteiger partial charge in [0.2, 0.25) is 5.91 Å². The van der Waals surface area contributed by atoms with E-state index in [0.29, 0.717) is 18.9 Å². The summed E-state index contributed by atoms with van der Waals surface area (Å²) in [6, 6.07) is 4.01. The molecule has 1 fully saturated rings. The zero-order valence-corrected chi connectivity index (χ0v) is 12.4. The first-order chi connectivity index (χ1) is 8.25. The summed E-state index contributed by atoms with van der Waals surface area (Å²) in [6.07, 6.45) is 7.20. The van der Waals surface area contributed by atoms with E-state index in [9.17, 15) is 4.79 Å². The van der Waals surface area contributed by atoms with Crippen LogP contribution in [0.25, 0.3) is 0 Å². The minimum Gasteiger partial charge on any atom is -0.355 e. The van der Waals surface area contributed by atoms with Crippen LogP contribution in [-0.2, 0) is 11.2 Å². The molecule has 0 aromatic carbocycles. The minimum absolute atomic E-state index is 0. The number of carbonyl (C=O) groups is 1. The Bertz CT molecular complexity index is 371. The molecule has 0 saturated heterocycles. The molecule has 0 aliphatic heterocycles. The van der Waals surface area contributed by atoms with Crippen molar-refractivity contribution < 1.29 is 4.79 Å². The SMILES string of the molecule is Cl.Cl.NC(CNC(=O)CCc1ccncc1)C1CC1. The maximum atomic E-state index is 11.6. The smallest absolute Gasteiger partial charge is 0.220 e. The standard InChI is InChI=1S/C13H19N3O.2ClH/c14-12(11-2-3-11)9-16-13(17)4-1-10-5-7-15-8-6-10;;/h5-8,11-12H,1-4,9,14H2,(H,16,17);2*1H. The largest absolute Gasteiger partial charge is 0.355 e. The van der Waals surface area contributed by atoms with Crippen LogP contribution < -0.4 is 11.1 Å². The highest BCUT2D eigenvalue weighted by Crippen LogP contribution is 2.31. The molecule has 1 unspecified atom stereocenters. The van der Waals surface area contributed by atoms with E-state index in [1.807, 2.05) is 12.1 Å². The molecule has 2 rings (SSSR count). The van der Waals surface area contributed by atoms with Gasteiger partial charge in [-0.2, -0.15) is 0 Å². The van der Waals surface area contributed by atoms with Gasteiger partial charge in [-0.25, -0.2) is 0 Å². The van der Waals surface area contributed by atoms with Crippen molar-refractivity contribution in [3.8, 4) is 0 Å². The molecule has 1 atom stereocenters. The third kappa shape index (κ3) is 6.76. The molecule has 1 aliphatic rings. The molecule has 0 radical (unpaired) electrons. The highest BCUT2D eigenvalue weighted by atomic mass is 35.5. The molecule has 0 spiro atoms. The van der Waals surface area contributed by atoms with Crippen LogP contribution in [0.3, 0.4) is 0 Å². The number of amides is 1. The van der Waals surface area contributed by atoms with E-state index < -0.39 is 0 Å². The number of aryl methyl sites for hydroxylation is 1. The zero-order valence-electron chi connectivity index (χ0n) is 10.7. The summed E-state index contributed by atoms with van der Waals surface area (Å²) in [6.45, 7) is 0.611. The van der Waals surface area contributed by atoms with Crippen molar-refractivity contribution in [2.24, 2.45) is 11.7 Å². The molecular weight excluding hydrogens is 285 g/mol. The number of carbonyl (C=O) groups excluding carboxylic acids is 1. The Balaban J connectivity index is 0.00000162. The highest BCUT2D eigenvalue weighted by Gasteiger charge is 2.28. The van der Waals surface area contributed by atoms with Crippen molar-refractivity contribution in [3.63, 3.8) is 0 Å². The van der Waals surface area contributed by atoms with Crippen molar-refractivity contribution in [1.82, 2.24) is 10.3 Å². The minimum atomic E-state index is 0. The van der Waals surface area contributed by atoms with Crippen LogP contribution >= 0.6 is 24.8 Å². The number of hydrogen-bond acceptors (Lipinski definition) is 3.